The van der Waals surface area contributed by atoms with Crippen LogP contribution in [0.1, 0.15) is 36.9 Å². The van der Waals surface area contributed by atoms with Crippen molar-refractivity contribution in [2.75, 3.05) is 38.1 Å². The van der Waals surface area contributed by atoms with Crippen molar-refractivity contribution in [3.05, 3.63) is 29.3 Å². The topological polar surface area (TPSA) is 52.7 Å². The Balaban J connectivity index is 0.00000192. The van der Waals surface area contributed by atoms with Crippen LogP contribution in [0.5, 0.6) is 5.75 Å². The van der Waals surface area contributed by atoms with Crippen molar-refractivity contribution in [3.63, 3.8) is 0 Å². The third-order valence-corrected chi connectivity index (χ3v) is 4.68. The lowest BCUT2D eigenvalue weighted by Gasteiger charge is -2.34. The lowest BCUT2D eigenvalue weighted by Crippen LogP contribution is -2.44. The quantitative estimate of drug-likeness (QED) is 0.886. The minimum absolute atomic E-state index is 0. The first-order valence-electron chi connectivity index (χ1n) is 8.29. The van der Waals surface area contributed by atoms with Gasteiger partial charge in [-0.15, -0.1) is 12.4 Å². The summed E-state index contributed by atoms with van der Waals surface area (Å²) in [4.78, 5) is 4.59. The molecular weight excluding hydrogens is 310 g/mol. The molecule has 1 aliphatic heterocycles. The minimum atomic E-state index is -0.0775. The summed E-state index contributed by atoms with van der Waals surface area (Å²) in [5, 5.41) is 10.4. The fourth-order valence-corrected chi connectivity index (χ4v) is 2.98. The summed E-state index contributed by atoms with van der Waals surface area (Å²) in [6.45, 7) is 5.93. The van der Waals surface area contributed by atoms with E-state index in [9.17, 15) is 5.11 Å². The number of piperazine rings is 1. The van der Waals surface area contributed by atoms with Crippen molar-refractivity contribution in [3.8, 4) is 5.75 Å². The standard InChI is InChI=1S/C18H27N3O.ClH/c1-13(19)16-12-18(22)17(21-9-7-20(2)8-10-21)11-15(16)6-5-14-3-4-14;/h5-6,11-14,22H,3-4,7-10,19H2,1-2H3;1H/b6-5+;/t13-;/m0./s1. The Morgan fingerprint density at radius 3 is 2.43 bits per heavy atom. The molecule has 4 nitrogen and oxygen atoms in total. The number of likely N-dealkylation sites (N-methyl/N-ethyl adjacent to an activating group) is 1. The molecule has 1 heterocycles. The number of phenols is 1. The highest BCUT2D eigenvalue weighted by Crippen LogP contribution is 2.36. The summed E-state index contributed by atoms with van der Waals surface area (Å²) in [5.41, 5.74) is 9.19. The molecule has 1 atom stereocenters. The first-order valence-corrected chi connectivity index (χ1v) is 8.29. The number of phenolic OH excluding ortho intramolecular Hbond substituents is 1. The molecule has 2 fully saturated rings. The van der Waals surface area contributed by atoms with E-state index >= 15 is 0 Å². The van der Waals surface area contributed by atoms with Gasteiger partial charge in [-0.3, -0.25) is 0 Å². The van der Waals surface area contributed by atoms with E-state index in [0.29, 0.717) is 5.75 Å². The molecule has 3 N–H and O–H groups in total. The number of benzene rings is 1. The number of halogens is 1. The normalized spacial score (nSPS) is 20.6. The second kappa shape index (κ2) is 7.56. The second-order valence-electron chi connectivity index (χ2n) is 6.75. The van der Waals surface area contributed by atoms with Gasteiger partial charge in [-0.25, -0.2) is 0 Å². The zero-order valence-corrected chi connectivity index (χ0v) is 14.9. The van der Waals surface area contributed by atoms with Crippen LogP contribution in [-0.2, 0) is 0 Å². The molecule has 0 bridgehead atoms. The Morgan fingerprint density at radius 1 is 1.22 bits per heavy atom. The molecule has 2 aliphatic rings. The molecule has 0 amide bonds. The van der Waals surface area contributed by atoms with Gasteiger partial charge in [0.25, 0.3) is 0 Å². The molecule has 5 heteroatoms. The summed E-state index contributed by atoms with van der Waals surface area (Å²) < 4.78 is 0. The van der Waals surface area contributed by atoms with Gasteiger partial charge >= 0.3 is 0 Å². The maximum atomic E-state index is 10.4. The van der Waals surface area contributed by atoms with Gasteiger partial charge in [0.05, 0.1) is 5.69 Å². The van der Waals surface area contributed by atoms with E-state index < -0.39 is 0 Å². The van der Waals surface area contributed by atoms with E-state index in [2.05, 4.69) is 35.1 Å². The van der Waals surface area contributed by atoms with Crippen LogP contribution in [0.3, 0.4) is 0 Å². The van der Waals surface area contributed by atoms with Crippen LogP contribution in [0.4, 0.5) is 5.69 Å². The highest BCUT2D eigenvalue weighted by Gasteiger charge is 2.21. The lowest BCUT2D eigenvalue weighted by atomic mass is 9.99. The van der Waals surface area contributed by atoms with Crippen molar-refractivity contribution < 1.29 is 5.11 Å². The van der Waals surface area contributed by atoms with Crippen LogP contribution in [0.15, 0.2) is 18.2 Å². The van der Waals surface area contributed by atoms with Crippen LogP contribution in [-0.4, -0.2) is 43.2 Å². The van der Waals surface area contributed by atoms with Crippen molar-refractivity contribution in [2.24, 2.45) is 11.7 Å². The molecule has 0 aromatic heterocycles. The highest BCUT2D eigenvalue weighted by atomic mass is 35.5. The molecule has 128 valence electrons. The highest BCUT2D eigenvalue weighted by molar-refractivity contribution is 5.85. The SMILES string of the molecule is C[C@H](N)c1cc(O)c(N2CCN(C)CC2)cc1/C=C/C1CC1.Cl. The number of nitrogens with two attached hydrogens (primary N) is 1. The smallest absolute Gasteiger partial charge is 0.139 e. The second-order valence-corrected chi connectivity index (χ2v) is 6.75. The van der Waals surface area contributed by atoms with Gasteiger partial charge < -0.3 is 20.6 Å². The van der Waals surface area contributed by atoms with Crippen molar-refractivity contribution >= 4 is 24.2 Å². The van der Waals surface area contributed by atoms with Gasteiger partial charge in [-0.2, -0.15) is 0 Å². The van der Waals surface area contributed by atoms with Gasteiger partial charge in [-0.05, 0) is 56.0 Å². The zero-order valence-electron chi connectivity index (χ0n) is 14.0. The predicted molar refractivity (Wildman–Crippen MR) is 99.4 cm³/mol. The third kappa shape index (κ3) is 4.40. The summed E-state index contributed by atoms with van der Waals surface area (Å²) >= 11 is 0. The molecule has 1 aromatic rings. The number of allylic oxidation sites excluding steroid dienone is 1. The van der Waals surface area contributed by atoms with E-state index in [1.54, 1.807) is 0 Å². The van der Waals surface area contributed by atoms with Crippen molar-refractivity contribution in [1.82, 2.24) is 4.90 Å². The van der Waals surface area contributed by atoms with E-state index in [0.717, 1.165) is 48.9 Å². The average Bonchev–Trinajstić information content (AvgIpc) is 3.31. The predicted octanol–water partition coefficient (Wildman–Crippen LogP) is 3.01. The molecule has 23 heavy (non-hydrogen) atoms. The molecule has 1 aromatic carbocycles. The van der Waals surface area contributed by atoms with Crippen molar-refractivity contribution in [1.29, 1.82) is 0 Å². The summed E-state index contributed by atoms with van der Waals surface area (Å²) in [6, 6.07) is 3.88. The number of aromatic hydroxyl groups is 1. The average molecular weight is 338 g/mol. The van der Waals surface area contributed by atoms with Gasteiger partial charge in [0.15, 0.2) is 0 Å². The largest absolute Gasteiger partial charge is 0.506 e. The Bertz CT molecular complexity index is 562. The van der Waals surface area contributed by atoms with Gasteiger partial charge in [0.1, 0.15) is 5.75 Å². The van der Waals surface area contributed by atoms with Crippen LogP contribution in [0.25, 0.3) is 6.08 Å². The lowest BCUT2D eigenvalue weighted by molar-refractivity contribution is 0.311. The van der Waals surface area contributed by atoms with Crippen LogP contribution >= 0.6 is 12.4 Å². The molecule has 0 unspecified atom stereocenters. The fraction of sp³-hybridized carbons (Fsp3) is 0.556. The number of rotatable bonds is 4. The summed E-state index contributed by atoms with van der Waals surface area (Å²) in [6.07, 6.45) is 7.07. The Hall–Kier alpha value is -1.23. The number of hydrogen-bond donors (Lipinski definition) is 2. The van der Waals surface area contributed by atoms with E-state index in [1.807, 2.05) is 13.0 Å². The Kier molecular flexibility index (Phi) is 5.95. The third-order valence-electron chi connectivity index (χ3n) is 4.68. The number of anilines is 1. The first-order chi connectivity index (χ1) is 10.5. The van der Waals surface area contributed by atoms with Gasteiger partial charge in [0.2, 0.25) is 0 Å². The van der Waals surface area contributed by atoms with Crippen LogP contribution < -0.4 is 10.6 Å². The molecule has 3 rings (SSSR count). The molecule has 0 radical (unpaired) electrons. The molecular formula is C18H28ClN3O. The van der Waals surface area contributed by atoms with Gasteiger partial charge in [-0.1, -0.05) is 12.2 Å². The monoisotopic (exact) mass is 337 g/mol. The summed E-state index contributed by atoms with van der Waals surface area (Å²) in [7, 11) is 2.14. The van der Waals surface area contributed by atoms with E-state index in [1.165, 1.54) is 12.8 Å². The summed E-state index contributed by atoms with van der Waals surface area (Å²) in [5.74, 6) is 1.09. The molecule has 0 spiro atoms. The zero-order chi connectivity index (χ0) is 15.7. The Labute approximate surface area is 145 Å². The number of nitrogens with zero attached hydrogens (tertiary/aromatic N) is 2. The maximum Gasteiger partial charge on any atom is 0.139 e. The molecule has 1 aliphatic carbocycles. The maximum absolute atomic E-state index is 10.4. The fourth-order valence-electron chi connectivity index (χ4n) is 2.98. The van der Waals surface area contributed by atoms with Crippen LogP contribution in [0, 0.1) is 5.92 Å². The molecule has 1 saturated carbocycles. The first kappa shape index (κ1) is 18.1. The Morgan fingerprint density at radius 2 is 1.87 bits per heavy atom. The van der Waals surface area contributed by atoms with E-state index in [4.69, 9.17) is 5.73 Å². The van der Waals surface area contributed by atoms with Crippen molar-refractivity contribution in [2.45, 2.75) is 25.8 Å². The van der Waals surface area contributed by atoms with E-state index in [-0.39, 0.29) is 18.4 Å². The minimum Gasteiger partial charge on any atom is -0.506 e. The van der Waals surface area contributed by atoms with Crippen LogP contribution in [0.2, 0.25) is 0 Å². The van der Waals surface area contributed by atoms with Gasteiger partial charge in [0, 0.05) is 32.2 Å². The number of hydrogen-bond acceptors (Lipinski definition) is 4. The molecule has 1 saturated heterocycles.